The van der Waals surface area contributed by atoms with Crippen molar-refractivity contribution in [2.75, 3.05) is 27.3 Å². The lowest BCUT2D eigenvalue weighted by Crippen LogP contribution is -2.45. The van der Waals surface area contributed by atoms with Crippen LogP contribution >= 0.6 is 24.0 Å². The van der Waals surface area contributed by atoms with Crippen LogP contribution in [0.25, 0.3) is 0 Å². The van der Waals surface area contributed by atoms with E-state index in [2.05, 4.69) is 28.6 Å². The van der Waals surface area contributed by atoms with Gasteiger partial charge in [0.2, 0.25) is 0 Å². The third kappa shape index (κ3) is 6.19. The molecule has 26 heavy (non-hydrogen) atoms. The third-order valence-electron chi connectivity index (χ3n) is 4.28. The standard InChI is InChI=1S/C19H31N3O3.HI/c1-7-20-18(22-12-19(3,4)24-6)21-11-15-10-17-14(8-13(2)25-17)9-16(15)23-5;/h9-10,13H,7-8,11-12H2,1-6H3,(H2,20,21,22);1H. The molecule has 1 unspecified atom stereocenters. The fourth-order valence-electron chi connectivity index (χ4n) is 2.67. The highest BCUT2D eigenvalue weighted by Gasteiger charge is 2.22. The molecule has 0 radical (unpaired) electrons. The maximum Gasteiger partial charge on any atom is 0.191 e. The highest BCUT2D eigenvalue weighted by Crippen LogP contribution is 2.35. The van der Waals surface area contributed by atoms with Crippen LogP contribution in [0.1, 0.15) is 38.8 Å². The largest absolute Gasteiger partial charge is 0.496 e. The Balaban J connectivity index is 0.00000338. The van der Waals surface area contributed by atoms with Gasteiger partial charge in [0, 0.05) is 37.7 Å². The van der Waals surface area contributed by atoms with Crippen molar-refractivity contribution in [1.82, 2.24) is 10.6 Å². The average molecular weight is 477 g/mol. The minimum absolute atomic E-state index is 0. The second-order valence-electron chi connectivity index (χ2n) is 6.92. The predicted octanol–water partition coefficient (Wildman–Crippen LogP) is 3.12. The number of halogens is 1. The van der Waals surface area contributed by atoms with Crippen molar-refractivity contribution in [3.05, 3.63) is 23.3 Å². The van der Waals surface area contributed by atoms with Gasteiger partial charge in [0.15, 0.2) is 5.96 Å². The maximum atomic E-state index is 5.86. The Morgan fingerprint density at radius 2 is 2.04 bits per heavy atom. The smallest absolute Gasteiger partial charge is 0.191 e. The van der Waals surface area contributed by atoms with Gasteiger partial charge < -0.3 is 24.8 Å². The molecule has 0 fully saturated rings. The maximum absolute atomic E-state index is 5.86. The summed E-state index contributed by atoms with van der Waals surface area (Å²) < 4.78 is 16.8. The first-order valence-electron chi connectivity index (χ1n) is 8.82. The number of aliphatic imine (C=N–C) groups is 1. The topological polar surface area (TPSA) is 64.1 Å². The SMILES string of the molecule is CCNC(=NCc1cc2c(cc1OC)CC(C)O2)NCC(C)(C)OC.I. The molecule has 0 aromatic heterocycles. The van der Waals surface area contributed by atoms with E-state index in [-0.39, 0.29) is 35.7 Å². The first-order chi connectivity index (χ1) is 11.9. The number of guanidine groups is 1. The quantitative estimate of drug-likeness (QED) is 0.359. The number of nitrogens with one attached hydrogen (secondary N) is 2. The first kappa shape index (κ1) is 22.8. The highest BCUT2D eigenvalue weighted by molar-refractivity contribution is 14.0. The van der Waals surface area contributed by atoms with E-state index in [0.29, 0.717) is 13.1 Å². The first-order valence-corrected chi connectivity index (χ1v) is 8.82. The van der Waals surface area contributed by atoms with Crippen LogP contribution < -0.4 is 20.1 Å². The molecule has 0 saturated heterocycles. The van der Waals surface area contributed by atoms with Gasteiger partial charge in [-0.25, -0.2) is 4.99 Å². The minimum atomic E-state index is -0.259. The summed E-state index contributed by atoms with van der Waals surface area (Å²) in [5.41, 5.74) is 1.95. The molecule has 1 heterocycles. The summed E-state index contributed by atoms with van der Waals surface area (Å²) in [6.45, 7) is 10.2. The molecule has 148 valence electrons. The lowest BCUT2D eigenvalue weighted by atomic mass is 10.1. The van der Waals surface area contributed by atoms with E-state index in [0.717, 1.165) is 36.0 Å². The zero-order valence-electron chi connectivity index (χ0n) is 16.6. The van der Waals surface area contributed by atoms with Gasteiger partial charge in [-0.3, -0.25) is 0 Å². The third-order valence-corrected chi connectivity index (χ3v) is 4.28. The molecule has 7 heteroatoms. The van der Waals surface area contributed by atoms with Crippen molar-refractivity contribution in [3.63, 3.8) is 0 Å². The Kier molecular flexibility index (Phi) is 8.95. The van der Waals surface area contributed by atoms with Gasteiger partial charge in [0.25, 0.3) is 0 Å². The number of rotatable bonds is 7. The summed E-state index contributed by atoms with van der Waals surface area (Å²) in [7, 11) is 3.40. The molecule has 0 saturated carbocycles. The fraction of sp³-hybridized carbons (Fsp3) is 0.632. The second-order valence-corrected chi connectivity index (χ2v) is 6.92. The van der Waals surface area contributed by atoms with E-state index in [9.17, 15) is 0 Å². The van der Waals surface area contributed by atoms with Gasteiger partial charge in [0.05, 0.1) is 19.3 Å². The van der Waals surface area contributed by atoms with Crippen LogP contribution in [-0.4, -0.2) is 45.0 Å². The van der Waals surface area contributed by atoms with Crippen molar-refractivity contribution in [3.8, 4) is 11.5 Å². The van der Waals surface area contributed by atoms with E-state index in [1.807, 2.05) is 26.8 Å². The molecule has 0 aliphatic carbocycles. The summed E-state index contributed by atoms with van der Waals surface area (Å²) in [5, 5.41) is 6.58. The number of hydrogen-bond donors (Lipinski definition) is 2. The molecule has 0 spiro atoms. The van der Waals surface area contributed by atoms with Gasteiger partial charge in [0.1, 0.15) is 17.6 Å². The molecule has 1 aromatic rings. The number of hydrogen-bond acceptors (Lipinski definition) is 4. The Morgan fingerprint density at radius 3 is 2.65 bits per heavy atom. The molecular formula is C19H32IN3O3. The van der Waals surface area contributed by atoms with Crippen LogP contribution in [0.5, 0.6) is 11.5 Å². The van der Waals surface area contributed by atoms with Crippen molar-refractivity contribution >= 4 is 29.9 Å². The van der Waals surface area contributed by atoms with E-state index in [1.54, 1.807) is 14.2 Å². The molecule has 1 atom stereocenters. The summed E-state index contributed by atoms with van der Waals surface area (Å²) >= 11 is 0. The normalized spacial score (nSPS) is 16.4. The van der Waals surface area contributed by atoms with Crippen LogP contribution in [0.4, 0.5) is 0 Å². The van der Waals surface area contributed by atoms with Crippen molar-refractivity contribution in [2.24, 2.45) is 4.99 Å². The number of benzene rings is 1. The second kappa shape index (κ2) is 10.2. The zero-order valence-corrected chi connectivity index (χ0v) is 19.0. The summed E-state index contributed by atoms with van der Waals surface area (Å²) in [6.07, 6.45) is 1.14. The molecule has 0 bridgehead atoms. The summed E-state index contributed by atoms with van der Waals surface area (Å²) in [5.74, 6) is 2.55. The fourth-order valence-corrected chi connectivity index (χ4v) is 2.67. The molecular weight excluding hydrogens is 445 g/mol. The van der Waals surface area contributed by atoms with Gasteiger partial charge >= 0.3 is 0 Å². The van der Waals surface area contributed by atoms with Crippen LogP contribution in [0.2, 0.25) is 0 Å². The number of methoxy groups -OCH3 is 2. The molecule has 6 nitrogen and oxygen atoms in total. The van der Waals surface area contributed by atoms with Crippen LogP contribution in [0.3, 0.4) is 0 Å². The van der Waals surface area contributed by atoms with Crippen molar-refractivity contribution < 1.29 is 14.2 Å². The van der Waals surface area contributed by atoms with E-state index in [1.165, 1.54) is 5.56 Å². The number of ether oxygens (including phenoxy) is 3. The summed E-state index contributed by atoms with van der Waals surface area (Å²) in [6, 6.07) is 4.11. The Hall–Kier alpha value is -1.22. The lowest BCUT2D eigenvalue weighted by molar-refractivity contribution is 0.0268. The van der Waals surface area contributed by atoms with Crippen LogP contribution in [0.15, 0.2) is 17.1 Å². The Bertz CT molecular complexity index is 620. The number of nitrogens with zero attached hydrogens (tertiary/aromatic N) is 1. The molecule has 2 rings (SSSR count). The van der Waals surface area contributed by atoms with Gasteiger partial charge in [-0.15, -0.1) is 24.0 Å². The molecule has 1 aliphatic heterocycles. The highest BCUT2D eigenvalue weighted by atomic mass is 127. The summed E-state index contributed by atoms with van der Waals surface area (Å²) in [4.78, 5) is 4.68. The molecule has 1 aromatic carbocycles. The lowest BCUT2D eigenvalue weighted by Gasteiger charge is -2.24. The molecule has 0 amide bonds. The van der Waals surface area contributed by atoms with Crippen LogP contribution in [0, 0.1) is 0 Å². The zero-order chi connectivity index (χ0) is 18.4. The van der Waals surface area contributed by atoms with E-state index in [4.69, 9.17) is 14.2 Å². The molecule has 2 N–H and O–H groups in total. The Morgan fingerprint density at radius 1 is 1.31 bits per heavy atom. The average Bonchev–Trinajstić information content (AvgIpc) is 2.95. The van der Waals surface area contributed by atoms with Gasteiger partial charge in [-0.2, -0.15) is 0 Å². The van der Waals surface area contributed by atoms with Crippen LogP contribution in [-0.2, 0) is 17.7 Å². The van der Waals surface area contributed by atoms with Gasteiger partial charge in [-0.1, -0.05) is 0 Å². The minimum Gasteiger partial charge on any atom is -0.496 e. The molecule has 1 aliphatic rings. The Labute approximate surface area is 174 Å². The predicted molar refractivity (Wildman–Crippen MR) is 116 cm³/mol. The number of fused-ring (bicyclic) bond motifs is 1. The monoisotopic (exact) mass is 477 g/mol. The van der Waals surface area contributed by atoms with E-state index < -0.39 is 0 Å². The van der Waals surface area contributed by atoms with Crippen molar-refractivity contribution in [2.45, 2.75) is 52.4 Å². The van der Waals surface area contributed by atoms with Gasteiger partial charge in [-0.05, 0) is 39.8 Å². The van der Waals surface area contributed by atoms with Crippen molar-refractivity contribution in [1.29, 1.82) is 0 Å². The van der Waals surface area contributed by atoms with E-state index >= 15 is 0 Å².